The van der Waals surface area contributed by atoms with Crippen LogP contribution in [-0.2, 0) is 11.3 Å². The fourth-order valence-corrected chi connectivity index (χ4v) is 1.62. The van der Waals surface area contributed by atoms with Crippen molar-refractivity contribution in [3.05, 3.63) is 48.2 Å². The number of aromatic nitrogens is 1. The van der Waals surface area contributed by atoms with Gasteiger partial charge in [-0.15, -0.1) is 0 Å². The van der Waals surface area contributed by atoms with E-state index in [4.69, 9.17) is 9.47 Å². The van der Waals surface area contributed by atoms with E-state index in [-0.39, 0.29) is 5.75 Å². The maximum atomic E-state index is 9.21. The van der Waals surface area contributed by atoms with Crippen molar-refractivity contribution in [3.63, 3.8) is 0 Å². The fourth-order valence-electron chi connectivity index (χ4n) is 1.62. The summed E-state index contributed by atoms with van der Waals surface area (Å²) in [7, 11) is 1.63. The number of aromatic hydroxyl groups is 1. The van der Waals surface area contributed by atoms with Crippen LogP contribution in [0.15, 0.2) is 42.6 Å². The topological polar surface area (TPSA) is 63.6 Å². The monoisotopic (exact) mass is 274 g/mol. The maximum absolute atomic E-state index is 9.21. The smallest absolute Gasteiger partial charge is 0.213 e. The fraction of sp³-hybridized carbons (Fsp3) is 0.267. The molecule has 0 radical (unpaired) electrons. The SMILES string of the molecule is COCCOc1ccc(NCc2ccc(O)cc2)cn1. The van der Waals surface area contributed by atoms with E-state index in [1.807, 2.05) is 24.3 Å². The number of nitrogens with one attached hydrogen (secondary N) is 1. The van der Waals surface area contributed by atoms with Crippen molar-refractivity contribution in [3.8, 4) is 11.6 Å². The van der Waals surface area contributed by atoms with Gasteiger partial charge in [0, 0.05) is 19.7 Å². The first-order valence-electron chi connectivity index (χ1n) is 6.37. The van der Waals surface area contributed by atoms with Crippen molar-refractivity contribution in [1.82, 2.24) is 4.98 Å². The van der Waals surface area contributed by atoms with E-state index in [0.717, 1.165) is 11.3 Å². The zero-order chi connectivity index (χ0) is 14.2. The van der Waals surface area contributed by atoms with Gasteiger partial charge in [-0.1, -0.05) is 12.1 Å². The highest BCUT2D eigenvalue weighted by atomic mass is 16.5. The van der Waals surface area contributed by atoms with E-state index in [1.165, 1.54) is 0 Å². The number of benzene rings is 1. The number of anilines is 1. The Morgan fingerprint density at radius 2 is 1.90 bits per heavy atom. The Morgan fingerprint density at radius 1 is 1.10 bits per heavy atom. The van der Waals surface area contributed by atoms with E-state index >= 15 is 0 Å². The van der Waals surface area contributed by atoms with Gasteiger partial charge in [0.1, 0.15) is 12.4 Å². The lowest BCUT2D eigenvalue weighted by atomic mass is 10.2. The van der Waals surface area contributed by atoms with Crippen molar-refractivity contribution >= 4 is 5.69 Å². The third-order valence-electron chi connectivity index (χ3n) is 2.71. The summed E-state index contributed by atoms with van der Waals surface area (Å²) in [5, 5.41) is 12.5. The number of hydrogen-bond acceptors (Lipinski definition) is 5. The molecule has 0 fully saturated rings. The first-order chi connectivity index (χ1) is 9.78. The standard InChI is InChI=1S/C15H18N2O3/c1-19-8-9-20-15-7-4-13(11-17-15)16-10-12-2-5-14(18)6-3-12/h2-7,11,16,18H,8-10H2,1H3. The van der Waals surface area contributed by atoms with Crippen LogP contribution in [0, 0.1) is 0 Å². The summed E-state index contributed by atoms with van der Waals surface area (Å²) in [5.74, 6) is 0.852. The molecule has 0 unspecified atom stereocenters. The maximum Gasteiger partial charge on any atom is 0.213 e. The lowest BCUT2D eigenvalue weighted by Crippen LogP contribution is -2.05. The largest absolute Gasteiger partial charge is 0.508 e. The summed E-state index contributed by atoms with van der Waals surface area (Å²) >= 11 is 0. The number of phenolic OH excluding ortho intramolecular Hbond substituents is 1. The number of hydrogen-bond donors (Lipinski definition) is 2. The molecular weight excluding hydrogens is 256 g/mol. The second kappa shape index (κ2) is 7.35. The molecule has 106 valence electrons. The van der Waals surface area contributed by atoms with Crippen LogP contribution in [-0.4, -0.2) is 30.4 Å². The highest BCUT2D eigenvalue weighted by Gasteiger charge is 1.98. The molecule has 0 aliphatic rings. The molecule has 2 N–H and O–H groups in total. The molecule has 0 saturated carbocycles. The molecule has 20 heavy (non-hydrogen) atoms. The highest BCUT2D eigenvalue weighted by Crippen LogP contribution is 2.14. The number of phenols is 1. The van der Waals surface area contributed by atoms with Crippen LogP contribution in [0.2, 0.25) is 0 Å². The van der Waals surface area contributed by atoms with Crippen LogP contribution < -0.4 is 10.1 Å². The molecule has 0 aliphatic heterocycles. The number of ether oxygens (including phenoxy) is 2. The van der Waals surface area contributed by atoms with Gasteiger partial charge >= 0.3 is 0 Å². The quantitative estimate of drug-likeness (QED) is 0.759. The molecule has 0 aliphatic carbocycles. The first kappa shape index (κ1) is 14.1. The normalized spacial score (nSPS) is 10.2. The van der Waals surface area contributed by atoms with Gasteiger partial charge in [-0.3, -0.25) is 0 Å². The lowest BCUT2D eigenvalue weighted by Gasteiger charge is -2.08. The predicted molar refractivity (Wildman–Crippen MR) is 77.0 cm³/mol. The van der Waals surface area contributed by atoms with Crippen LogP contribution in [0.25, 0.3) is 0 Å². The Kier molecular flexibility index (Phi) is 5.20. The van der Waals surface area contributed by atoms with Gasteiger partial charge in [-0.2, -0.15) is 0 Å². The van der Waals surface area contributed by atoms with Crippen LogP contribution in [0.1, 0.15) is 5.56 Å². The highest BCUT2D eigenvalue weighted by molar-refractivity contribution is 5.43. The van der Waals surface area contributed by atoms with Crippen LogP contribution in [0.4, 0.5) is 5.69 Å². The van der Waals surface area contributed by atoms with Gasteiger partial charge in [0.2, 0.25) is 5.88 Å². The average Bonchev–Trinajstić information content (AvgIpc) is 2.48. The predicted octanol–water partition coefficient (Wildman–Crippen LogP) is 2.42. The number of rotatable bonds is 7. The van der Waals surface area contributed by atoms with Gasteiger partial charge in [-0.25, -0.2) is 4.98 Å². The van der Waals surface area contributed by atoms with E-state index in [9.17, 15) is 5.11 Å². The molecule has 1 heterocycles. The van der Waals surface area contributed by atoms with E-state index in [0.29, 0.717) is 25.6 Å². The van der Waals surface area contributed by atoms with Crippen LogP contribution in [0.3, 0.4) is 0 Å². The van der Waals surface area contributed by atoms with E-state index in [1.54, 1.807) is 25.4 Å². The number of pyridine rings is 1. The Hall–Kier alpha value is -2.27. The minimum absolute atomic E-state index is 0.271. The molecule has 1 aromatic heterocycles. The summed E-state index contributed by atoms with van der Waals surface area (Å²) in [6, 6.07) is 10.8. The first-order valence-corrected chi connectivity index (χ1v) is 6.37. The second-order valence-corrected chi connectivity index (χ2v) is 4.25. The van der Waals surface area contributed by atoms with Crippen molar-refractivity contribution in [1.29, 1.82) is 0 Å². The summed E-state index contributed by atoms with van der Waals surface area (Å²) in [5.41, 5.74) is 2.00. The molecule has 0 amide bonds. The molecule has 2 rings (SSSR count). The molecule has 1 aromatic carbocycles. The Balaban J connectivity index is 1.82. The molecular formula is C15H18N2O3. The third kappa shape index (κ3) is 4.44. The summed E-state index contributed by atoms with van der Waals surface area (Å²) in [6.07, 6.45) is 1.72. The van der Waals surface area contributed by atoms with E-state index < -0.39 is 0 Å². The minimum atomic E-state index is 0.271. The van der Waals surface area contributed by atoms with Crippen molar-refractivity contribution in [2.45, 2.75) is 6.54 Å². The van der Waals surface area contributed by atoms with Crippen molar-refractivity contribution < 1.29 is 14.6 Å². The molecule has 5 heteroatoms. The zero-order valence-electron chi connectivity index (χ0n) is 11.4. The van der Waals surface area contributed by atoms with Gasteiger partial charge in [-0.05, 0) is 23.8 Å². The molecule has 5 nitrogen and oxygen atoms in total. The summed E-state index contributed by atoms with van der Waals surface area (Å²) < 4.78 is 10.3. The minimum Gasteiger partial charge on any atom is -0.508 e. The third-order valence-corrected chi connectivity index (χ3v) is 2.71. The van der Waals surface area contributed by atoms with Crippen LogP contribution in [0.5, 0.6) is 11.6 Å². The summed E-state index contributed by atoms with van der Waals surface area (Å²) in [4.78, 5) is 4.20. The number of nitrogens with zero attached hydrogens (tertiary/aromatic N) is 1. The Labute approximate surface area is 118 Å². The lowest BCUT2D eigenvalue weighted by molar-refractivity contribution is 0.144. The molecule has 0 spiro atoms. The Bertz CT molecular complexity index is 512. The average molecular weight is 274 g/mol. The molecule has 0 saturated heterocycles. The van der Waals surface area contributed by atoms with E-state index in [2.05, 4.69) is 10.3 Å². The van der Waals surface area contributed by atoms with Gasteiger partial charge in [0.25, 0.3) is 0 Å². The Morgan fingerprint density at radius 3 is 2.55 bits per heavy atom. The summed E-state index contributed by atoms with van der Waals surface area (Å²) in [6.45, 7) is 1.71. The molecule has 2 aromatic rings. The number of methoxy groups -OCH3 is 1. The second-order valence-electron chi connectivity index (χ2n) is 4.25. The van der Waals surface area contributed by atoms with Crippen LogP contribution >= 0.6 is 0 Å². The molecule has 0 atom stereocenters. The molecule has 0 bridgehead atoms. The van der Waals surface area contributed by atoms with Gasteiger partial charge in [0.05, 0.1) is 18.5 Å². The van der Waals surface area contributed by atoms with Gasteiger partial charge in [0.15, 0.2) is 0 Å². The zero-order valence-corrected chi connectivity index (χ0v) is 11.4. The van der Waals surface area contributed by atoms with Crippen molar-refractivity contribution in [2.75, 3.05) is 25.6 Å². The van der Waals surface area contributed by atoms with Crippen molar-refractivity contribution in [2.24, 2.45) is 0 Å². The van der Waals surface area contributed by atoms with Gasteiger partial charge < -0.3 is 19.9 Å².